The molecule has 3 heteroatoms. The summed E-state index contributed by atoms with van der Waals surface area (Å²) in [7, 11) is 0. The maximum absolute atomic E-state index is 10.7. The Balaban J connectivity index is 2.06. The summed E-state index contributed by atoms with van der Waals surface area (Å²) in [5.74, 6) is 0.301. The fourth-order valence-corrected chi connectivity index (χ4v) is 1.40. The molecule has 2 atom stereocenters. The largest absolute Gasteiger partial charge is 0.462 e. The zero-order chi connectivity index (χ0) is 9.68. The minimum atomic E-state index is -0.354. The van der Waals surface area contributed by atoms with Crippen molar-refractivity contribution in [1.29, 1.82) is 0 Å². The van der Waals surface area contributed by atoms with Crippen LogP contribution >= 0.6 is 0 Å². The Bertz CT molecular complexity index is 187. The number of rotatable bonds is 5. The molecule has 74 valence electrons. The Hall–Kier alpha value is -0.830. The summed E-state index contributed by atoms with van der Waals surface area (Å²) in [5, 5.41) is 0. The molecule has 2 unspecified atom stereocenters. The molecule has 0 N–H and O–H groups in total. The Morgan fingerprint density at radius 2 is 2.54 bits per heavy atom. The van der Waals surface area contributed by atoms with E-state index in [0.29, 0.717) is 18.6 Å². The fourth-order valence-electron chi connectivity index (χ4n) is 1.40. The van der Waals surface area contributed by atoms with Gasteiger partial charge in [-0.15, -0.1) is 0 Å². The number of carbonyl (C=O) groups excluding carboxylic acids is 1. The predicted octanol–water partition coefficient (Wildman–Crippen LogP) is 1.53. The normalized spacial score (nSPS) is 26.2. The third-order valence-electron chi connectivity index (χ3n) is 2.39. The number of ether oxygens (including phenoxy) is 2. The second-order valence-corrected chi connectivity index (χ2v) is 3.20. The SMILES string of the molecule is C=CC(=O)OCCC1OCC1CC. The van der Waals surface area contributed by atoms with Gasteiger partial charge in [0.25, 0.3) is 0 Å². The molecule has 1 aliphatic heterocycles. The van der Waals surface area contributed by atoms with Crippen LogP contribution in [0.25, 0.3) is 0 Å². The standard InChI is InChI=1S/C10H16O3/c1-3-8-7-13-9(8)5-6-12-10(11)4-2/h4,8-9H,2-3,5-7H2,1H3. The Morgan fingerprint density at radius 1 is 1.77 bits per heavy atom. The first-order valence-electron chi connectivity index (χ1n) is 4.68. The topological polar surface area (TPSA) is 35.5 Å². The number of hydrogen-bond acceptors (Lipinski definition) is 3. The summed E-state index contributed by atoms with van der Waals surface area (Å²) >= 11 is 0. The van der Waals surface area contributed by atoms with E-state index in [0.717, 1.165) is 19.4 Å². The first kappa shape index (κ1) is 10.3. The molecule has 0 aliphatic carbocycles. The number of esters is 1. The van der Waals surface area contributed by atoms with Gasteiger partial charge in [0.2, 0.25) is 0 Å². The highest BCUT2D eigenvalue weighted by Gasteiger charge is 2.29. The van der Waals surface area contributed by atoms with Crippen molar-refractivity contribution in [3.05, 3.63) is 12.7 Å². The van der Waals surface area contributed by atoms with Gasteiger partial charge in [0.05, 0.1) is 19.3 Å². The maximum Gasteiger partial charge on any atom is 0.330 e. The third kappa shape index (κ3) is 2.84. The van der Waals surface area contributed by atoms with E-state index >= 15 is 0 Å². The van der Waals surface area contributed by atoms with Crippen LogP contribution < -0.4 is 0 Å². The number of hydrogen-bond donors (Lipinski definition) is 0. The van der Waals surface area contributed by atoms with Gasteiger partial charge in [-0.2, -0.15) is 0 Å². The van der Waals surface area contributed by atoms with Gasteiger partial charge >= 0.3 is 5.97 Å². The van der Waals surface area contributed by atoms with E-state index in [-0.39, 0.29) is 5.97 Å². The van der Waals surface area contributed by atoms with Crippen LogP contribution in [0.1, 0.15) is 19.8 Å². The first-order chi connectivity index (χ1) is 6.27. The maximum atomic E-state index is 10.7. The van der Waals surface area contributed by atoms with Gasteiger partial charge in [0.15, 0.2) is 0 Å². The van der Waals surface area contributed by atoms with Gasteiger partial charge in [-0.3, -0.25) is 0 Å². The molecule has 0 radical (unpaired) electrons. The second-order valence-electron chi connectivity index (χ2n) is 3.20. The quantitative estimate of drug-likeness (QED) is 0.480. The Labute approximate surface area is 78.7 Å². The van der Waals surface area contributed by atoms with Crippen LogP contribution in [0.4, 0.5) is 0 Å². The van der Waals surface area contributed by atoms with Crippen molar-refractivity contribution in [3.63, 3.8) is 0 Å². The summed E-state index contributed by atoms with van der Waals surface area (Å²) in [4.78, 5) is 10.7. The molecule has 1 aliphatic rings. The summed E-state index contributed by atoms with van der Waals surface area (Å²) in [6, 6.07) is 0. The average molecular weight is 184 g/mol. The molecule has 13 heavy (non-hydrogen) atoms. The van der Waals surface area contributed by atoms with Crippen molar-refractivity contribution in [2.75, 3.05) is 13.2 Å². The molecule has 1 heterocycles. The average Bonchev–Trinajstić information content (AvgIpc) is 2.11. The van der Waals surface area contributed by atoms with E-state index in [1.807, 2.05) is 0 Å². The smallest absolute Gasteiger partial charge is 0.330 e. The van der Waals surface area contributed by atoms with Crippen molar-refractivity contribution < 1.29 is 14.3 Å². The van der Waals surface area contributed by atoms with E-state index in [2.05, 4.69) is 13.5 Å². The molecule has 0 aromatic rings. The molecule has 1 fully saturated rings. The lowest BCUT2D eigenvalue weighted by Crippen LogP contribution is -2.40. The fraction of sp³-hybridized carbons (Fsp3) is 0.700. The lowest BCUT2D eigenvalue weighted by Gasteiger charge is -2.36. The van der Waals surface area contributed by atoms with Gasteiger partial charge in [0.1, 0.15) is 0 Å². The van der Waals surface area contributed by atoms with Crippen molar-refractivity contribution in [2.24, 2.45) is 5.92 Å². The van der Waals surface area contributed by atoms with Gasteiger partial charge in [-0.25, -0.2) is 4.79 Å². The molecule has 1 saturated heterocycles. The van der Waals surface area contributed by atoms with Crippen LogP contribution in [-0.2, 0) is 14.3 Å². The molecule has 0 aromatic heterocycles. The summed E-state index contributed by atoms with van der Waals surface area (Å²) in [6.45, 7) is 6.76. The number of carbonyl (C=O) groups is 1. The minimum Gasteiger partial charge on any atom is -0.462 e. The lowest BCUT2D eigenvalue weighted by atomic mass is 9.93. The monoisotopic (exact) mass is 184 g/mol. The van der Waals surface area contributed by atoms with Crippen molar-refractivity contribution >= 4 is 5.97 Å². The zero-order valence-electron chi connectivity index (χ0n) is 7.99. The van der Waals surface area contributed by atoms with E-state index < -0.39 is 0 Å². The molecule has 0 aromatic carbocycles. The van der Waals surface area contributed by atoms with Crippen molar-refractivity contribution in [3.8, 4) is 0 Å². The highest BCUT2D eigenvalue weighted by Crippen LogP contribution is 2.25. The third-order valence-corrected chi connectivity index (χ3v) is 2.39. The van der Waals surface area contributed by atoms with Crippen LogP contribution in [0.3, 0.4) is 0 Å². The molecule has 0 saturated carbocycles. The molecular weight excluding hydrogens is 168 g/mol. The van der Waals surface area contributed by atoms with E-state index in [9.17, 15) is 4.79 Å². The molecular formula is C10H16O3. The lowest BCUT2D eigenvalue weighted by molar-refractivity contribution is -0.145. The van der Waals surface area contributed by atoms with Crippen molar-refractivity contribution in [2.45, 2.75) is 25.9 Å². The Kier molecular flexibility index (Phi) is 3.96. The van der Waals surface area contributed by atoms with E-state index in [4.69, 9.17) is 9.47 Å². The molecule has 0 spiro atoms. The molecule has 1 rings (SSSR count). The van der Waals surface area contributed by atoms with E-state index in [1.54, 1.807) is 0 Å². The summed E-state index contributed by atoms with van der Waals surface area (Å²) in [6.07, 6.45) is 3.42. The zero-order valence-corrected chi connectivity index (χ0v) is 7.99. The predicted molar refractivity (Wildman–Crippen MR) is 49.3 cm³/mol. The Morgan fingerprint density at radius 3 is 3.00 bits per heavy atom. The summed E-state index contributed by atoms with van der Waals surface area (Å²) < 4.78 is 10.2. The van der Waals surface area contributed by atoms with Gasteiger partial charge in [-0.05, 0) is 6.42 Å². The van der Waals surface area contributed by atoms with Crippen molar-refractivity contribution in [1.82, 2.24) is 0 Å². The molecule has 3 nitrogen and oxygen atoms in total. The molecule has 0 bridgehead atoms. The van der Waals surface area contributed by atoms with Gasteiger partial charge in [-0.1, -0.05) is 13.5 Å². The van der Waals surface area contributed by atoms with Gasteiger partial charge < -0.3 is 9.47 Å². The van der Waals surface area contributed by atoms with Gasteiger partial charge in [0, 0.05) is 18.4 Å². The highest BCUT2D eigenvalue weighted by atomic mass is 16.5. The molecule has 0 amide bonds. The summed E-state index contributed by atoms with van der Waals surface area (Å²) in [5.41, 5.74) is 0. The minimum absolute atomic E-state index is 0.294. The first-order valence-corrected chi connectivity index (χ1v) is 4.68. The highest BCUT2D eigenvalue weighted by molar-refractivity contribution is 5.81. The second kappa shape index (κ2) is 5.02. The van der Waals surface area contributed by atoms with Crippen LogP contribution in [-0.4, -0.2) is 25.3 Å². The van der Waals surface area contributed by atoms with Crippen LogP contribution in [0.15, 0.2) is 12.7 Å². The van der Waals surface area contributed by atoms with Crippen LogP contribution in [0.2, 0.25) is 0 Å². The van der Waals surface area contributed by atoms with E-state index in [1.165, 1.54) is 6.08 Å². The van der Waals surface area contributed by atoms with Crippen LogP contribution in [0, 0.1) is 5.92 Å². The van der Waals surface area contributed by atoms with Crippen LogP contribution in [0.5, 0.6) is 0 Å².